The van der Waals surface area contributed by atoms with Gasteiger partial charge in [-0.05, 0) is 37.5 Å². The minimum Gasteiger partial charge on any atom is -0.496 e. The van der Waals surface area contributed by atoms with Gasteiger partial charge in [-0.1, -0.05) is 12.5 Å². The Balaban J connectivity index is 2.22. The monoisotopic (exact) mass is 238 g/mol. The first-order chi connectivity index (χ1) is 7.69. The van der Waals surface area contributed by atoms with Crippen LogP contribution in [0.1, 0.15) is 24.8 Å². The number of aryl methyl sites for hydroxylation is 1. The molecule has 1 aromatic carbocycles. The highest BCUT2D eigenvalue weighted by atomic mass is 32.2. The second kappa shape index (κ2) is 4.68. The number of hydrogen-bond acceptors (Lipinski definition) is 3. The molecule has 88 valence electrons. The maximum atomic E-state index is 9.47. The molecule has 0 amide bonds. The maximum absolute atomic E-state index is 9.47. The maximum Gasteiger partial charge on any atom is 0.132 e. The second-order valence-electron chi connectivity index (χ2n) is 4.45. The van der Waals surface area contributed by atoms with E-state index < -0.39 is 0 Å². The Kier molecular flexibility index (Phi) is 3.45. The Bertz CT molecular complexity index is 367. The van der Waals surface area contributed by atoms with E-state index in [0.717, 1.165) is 23.5 Å². The minimum absolute atomic E-state index is 0.0427. The van der Waals surface area contributed by atoms with Crippen molar-refractivity contribution < 1.29 is 9.84 Å². The van der Waals surface area contributed by atoms with E-state index in [1.807, 2.05) is 6.07 Å². The summed E-state index contributed by atoms with van der Waals surface area (Å²) in [4.78, 5) is 1.15. The average Bonchev–Trinajstić information content (AvgIpc) is 2.24. The number of hydrogen-bond donors (Lipinski definition) is 1. The molecule has 0 heterocycles. The van der Waals surface area contributed by atoms with Crippen molar-refractivity contribution in [2.24, 2.45) is 0 Å². The van der Waals surface area contributed by atoms with Crippen molar-refractivity contribution in [3.05, 3.63) is 23.8 Å². The van der Waals surface area contributed by atoms with Crippen LogP contribution in [0.4, 0.5) is 0 Å². The van der Waals surface area contributed by atoms with E-state index in [1.54, 1.807) is 18.9 Å². The summed E-state index contributed by atoms with van der Waals surface area (Å²) >= 11 is 1.77. The van der Waals surface area contributed by atoms with Crippen LogP contribution in [0, 0.1) is 6.92 Å². The van der Waals surface area contributed by atoms with Gasteiger partial charge in [-0.25, -0.2) is 0 Å². The molecular weight excluding hydrogens is 220 g/mol. The van der Waals surface area contributed by atoms with Crippen LogP contribution < -0.4 is 4.74 Å². The Morgan fingerprint density at radius 3 is 2.69 bits per heavy atom. The lowest BCUT2D eigenvalue weighted by atomic mass is 9.85. The van der Waals surface area contributed by atoms with E-state index in [1.165, 1.54) is 12.0 Å². The molecule has 1 saturated carbocycles. The van der Waals surface area contributed by atoms with E-state index in [2.05, 4.69) is 19.1 Å². The van der Waals surface area contributed by atoms with Crippen molar-refractivity contribution in [2.45, 2.75) is 35.8 Å². The van der Waals surface area contributed by atoms with Crippen LogP contribution in [-0.4, -0.2) is 23.6 Å². The Morgan fingerprint density at radius 1 is 1.44 bits per heavy atom. The van der Waals surface area contributed by atoms with Gasteiger partial charge in [0.2, 0.25) is 0 Å². The molecule has 0 atom stereocenters. The highest BCUT2D eigenvalue weighted by Gasteiger charge is 2.38. The lowest BCUT2D eigenvalue weighted by Crippen LogP contribution is -2.37. The standard InChI is InChI=1S/C13H18O2S/c1-10-4-5-11(15-2)12(8-10)16-13(9-14)6-3-7-13/h4-5,8,14H,3,6-7,9H2,1-2H3. The van der Waals surface area contributed by atoms with Crippen LogP contribution in [0.15, 0.2) is 23.1 Å². The molecule has 1 aliphatic rings. The van der Waals surface area contributed by atoms with Crippen LogP contribution in [0.25, 0.3) is 0 Å². The van der Waals surface area contributed by atoms with E-state index in [9.17, 15) is 5.11 Å². The van der Waals surface area contributed by atoms with E-state index in [0.29, 0.717) is 0 Å². The topological polar surface area (TPSA) is 29.5 Å². The molecule has 2 rings (SSSR count). The first-order valence-corrected chi connectivity index (χ1v) is 6.45. The van der Waals surface area contributed by atoms with Gasteiger partial charge in [-0.15, -0.1) is 11.8 Å². The first-order valence-electron chi connectivity index (χ1n) is 5.64. The molecule has 0 saturated heterocycles. The van der Waals surface area contributed by atoms with Gasteiger partial charge in [0.15, 0.2) is 0 Å². The van der Waals surface area contributed by atoms with E-state index in [-0.39, 0.29) is 11.4 Å². The summed E-state index contributed by atoms with van der Waals surface area (Å²) in [5.74, 6) is 0.912. The van der Waals surface area contributed by atoms with Gasteiger partial charge in [0.25, 0.3) is 0 Å². The molecule has 1 N–H and O–H groups in total. The largest absolute Gasteiger partial charge is 0.496 e. The van der Waals surface area contributed by atoms with Gasteiger partial charge in [-0.2, -0.15) is 0 Å². The molecule has 0 aliphatic heterocycles. The van der Waals surface area contributed by atoms with E-state index >= 15 is 0 Å². The fraction of sp³-hybridized carbons (Fsp3) is 0.538. The van der Waals surface area contributed by atoms with Crippen molar-refractivity contribution in [2.75, 3.05) is 13.7 Å². The Morgan fingerprint density at radius 2 is 2.19 bits per heavy atom. The van der Waals surface area contributed by atoms with Crippen LogP contribution in [0.5, 0.6) is 5.75 Å². The zero-order valence-corrected chi connectivity index (χ0v) is 10.6. The van der Waals surface area contributed by atoms with Crippen molar-refractivity contribution in [3.63, 3.8) is 0 Å². The summed E-state index contributed by atoms with van der Waals surface area (Å²) in [6.07, 6.45) is 3.43. The molecule has 1 fully saturated rings. The van der Waals surface area contributed by atoms with Crippen molar-refractivity contribution >= 4 is 11.8 Å². The smallest absolute Gasteiger partial charge is 0.132 e. The highest BCUT2D eigenvalue weighted by molar-refractivity contribution is 8.00. The molecule has 3 heteroatoms. The average molecular weight is 238 g/mol. The predicted octanol–water partition coefficient (Wildman–Crippen LogP) is 3.01. The molecule has 1 aromatic rings. The van der Waals surface area contributed by atoms with Crippen LogP contribution in [0.2, 0.25) is 0 Å². The van der Waals surface area contributed by atoms with Crippen LogP contribution in [0.3, 0.4) is 0 Å². The number of methoxy groups -OCH3 is 1. The zero-order valence-electron chi connectivity index (χ0n) is 9.82. The molecule has 2 nitrogen and oxygen atoms in total. The molecule has 0 unspecified atom stereocenters. The predicted molar refractivity (Wildman–Crippen MR) is 67.3 cm³/mol. The second-order valence-corrected chi connectivity index (χ2v) is 5.96. The van der Waals surface area contributed by atoms with Gasteiger partial charge >= 0.3 is 0 Å². The fourth-order valence-corrected chi connectivity index (χ4v) is 3.48. The van der Waals surface area contributed by atoms with Crippen molar-refractivity contribution in [3.8, 4) is 5.75 Å². The molecule has 0 bridgehead atoms. The third kappa shape index (κ3) is 2.20. The Labute approximate surface area is 101 Å². The molecule has 1 aliphatic carbocycles. The molecule has 16 heavy (non-hydrogen) atoms. The fourth-order valence-electron chi connectivity index (χ4n) is 1.96. The summed E-state index contributed by atoms with van der Waals surface area (Å²) in [7, 11) is 1.70. The lowest BCUT2D eigenvalue weighted by molar-refractivity contribution is 0.191. The number of benzene rings is 1. The lowest BCUT2D eigenvalue weighted by Gasteiger charge is -2.39. The van der Waals surface area contributed by atoms with Crippen LogP contribution in [-0.2, 0) is 0 Å². The SMILES string of the molecule is COc1ccc(C)cc1SC1(CO)CCC1. The van der Waals surface area contributed by atoms with Crippen LogP contribution >= 0.6 is 11.8 Å². The third-order valence-electron chi connectivity index (χ3n) is 3.20. The minimum atomic E-state index is 0.0427. The number of rotatable bonds is 4. The first kappa shape index (κ1) is 11.8. The summed E-state index contributed by atoms with van der Waals surface area (Å²) in [5.41, 5.74) is 1.23. The number of thioether (sulfide) groups is 1. The molecule has 0 spiro atoms. The summed E-state index contributed by atoms with van der Waals surface area (Å²) in [6.45, 7) is 2.34. The third-order valence-corrected chi connectivity index (χ3v) is 4.71. The quantitative estimate of drug-likeness (QED) is 0.874. The summed E-state index contributed by atoms with van der Waals surface area (Å²) in [6, 6.07) is 6.19. The van der Waals surface area contributed by atoms with Crippen molar-refractivity contribution in [1.82, 2.24) is 0 Å². The van der Waals surface area contributed by atoms with Gasteiger partial charge in [0.05, 0.1) is 18.6 Å². The highest BCUT2D eigenvalue weighted by Crippen LogP contribution is 2.49. The van der Waals surface area contributed by atoms with Gasteiger partial charge in [0.1, 0.15) is 5.75 Å². The van der Waals surface area contributed by atoms with E-state index in [4.69, 9.17) is 4.74 Å². The molecular formula is C13H18O2S. The van der Waals surface area contributed by atoms with Gasteiger partial charge < -0.3 is 9.84 Å². The molecule has 0 aromatic heterocycles. The van der Waals surface area contributed by atoms with Crippen molar-refractivity contribution in [1.29, 1.82) is 0 Å². The zero-order chi connectivity index (χ0) is 11.6. The van der Waals surface area contributed by atoms with Gasteiger partial charge in [-0.3, -0.25) is 0 Å². The van der Waals surface area contributed by atoms with Gasteiger partial charge in [0, 0.05) is 4.75 Å². The number of aliphatic hydroxyl groups is 1. The number of aliphatic hydroxyl groups excluding tert-OH is 1. The summed E-state index contributed by atoms with van der Waals surface area (Å²) in [5, 5.41) is 9.47. The Hall–Kier alpha value is -0.670. The summed E-state index contributed by atoms with van der Waals surface area (Å²) < 4.78 is 5.40. The molecule has 0 radical (unpaired) electrons. The normalized spacial score (nSPS) is 17.9. The number of ether oxygens (including phenoxy) is 1.